The SMILES string of the molecule is CCCC(C)C1CN=C(N)N1c1cccc(Cl)c1. The molecule has 0 bridgehead atoms. The first-order valence-corrected chi connectivity index (χ1v) is 6.86. The van der Waals surface area contributed by atoms with E-state index < -0.39 is 0 Å². The van der Waals surface area contributed by atoms with Crippen molar-refractivity contribution in [2.45, 2.75) is 32.7 Å². The molecule has 0 aliphatic carbocycles. The van der Waals surface area contributed by atoms with Crippen LogP contribution in [0, 0.1) is 5.92 Å². The maximum absolute atomic E-state index is 6.05. The molecular weight excluding hydrogens is 246 g/mol. The van der Waals surface area contributed by atoms with E-state index in [1.807, 2.05) is 24.3 Å². The van der Waals surface area contributed by atoms with Gasteiger partial charge in [-0.25, -0.2) is 0 Å². The van der Waals surface area contributed by atoms with E-state index in [4.69, 9.17) is 17.3 Å². The smallest absolute Gasteiger partial charge is 0.196 e. The Labute approximate surface area is 114 Å². The summed E-state index contributed by atoms with van der Waals surface area (Å²) in [7, 11) is 0. The second kappa shape index (κ2) is 5.61. The van der Waals surface area contributed by atoms with E-state index in [9.17, 15) is 0 Å². The van der Waals surface area contributed by atoms with Crippen LogP contribution in [0.1, 0.15) is 26.7 Å². The summed E-state index contributed by atoms with van der Waals surface area (Å²) in [5.74, 6) is 1.17. The van der Waals surface area contributed by atoms with Gasteiger partial charge in [-0.05, 0) is 30.5 Å². The molecule has 2 unspecified atom stereocenters. The van der Waals surface area contributed by atoms with Crippen LogP contribution in [-0.4, -0.2) is 18.5 Å². The summed E-state index contributed by atoms with van der Waals surface area (Å²) in [6, 6.07) is 8.15. The minimum absolute atomic E-state index is 0.350. The normalized spacial score (nSPS) is 20.9. The third-order valence-corrected chi connectivity index (χ3v) is 3.74. The molecule has 1 aliphatic heterocycles. The number of nitrogens with zero attached hydrogens (tertiary/aromatic N) is 2. The van der Waals surface area contributed by atoms with E-state index >= 15 is 0 Å². The van der Waals surface area contributed by atoms with Gasteiger partial charge in [-0.15, -0.1) is 0 Å². The van der Waals surface area contributed by atoms with Gasteiger partial charge in [0.1, 0.15) is 0 Å². The van der Waals surface area contributed by atoms with E-state index in [0.29, 0.717) is 17.9 Å². The summed E-state index contributed by atoms with van der Waals surface area (Å²) in [5, 5.41) is 0.731. The second-order valence-corrected chi connectivity index (χ2v) is 5.32. The number of hydrogen-bond acceptors (Lipinski definition) is 3. The van der Waals surface area contributed by atoms with Crippen LogP contribution >= 0.6 is 11.6 Å². The lowest BCUT2D eigenvalue weighted by Crippen LogP contribution is -2.44. The van der Waals surface area contributed by atoms with Crippen LogP contribution in [0.2, 0.25) is 5.02 Å². The van der Waals surface area contributed by atoms with Gasteiger partial charge in [-0.2, -0.15) is 0 Å². The Kier molecular flexibility index (Phi) is 4.12. The molecule has 1 aliphatic rings. The number of rotatable bonds is 4. The van der Waals surface area contributed by atoms with Gasteiger partial charge in [0.2, 0.25) is 0 Å². The summed E-state index contributed by atoms with van der Waals surface area (Å²) in [6.45, 7) is 5.25. The average molecular weight is 266 g/mol. The van der Waals surface area contributed by atoms with Gasteiger partial charge >= 0.3 is 0 Å². The standard InChI is InChI=1S/C14H20ClN3/c1-3-5-10(2)13-9-17-14(16)18(13)12-7-4-6-11(15)8-12/h4,6-8,10,13H,3,5,9H2,1-2H3,(H2,16,17). The van der Waals surface area contributed by atoms with E-state index in [0.717, 1.165) is 17.3 Å². The Morgan fingerprint density at radius 2 is 2.33 bits per heavy atom. The molecule has 4 heteroatoms. The van der Waals surface area contributed by atoms with Crippen molar-refractivity contribution < 1.29 is 0 Å². The third kappa shape index (κ3) is 2.61. The molecule has 1 aromatic rings. The quantitative estimate of drug-likeness (QED) is 0.908. The number of halogens is 1. The first kappa shape index (κ1) is 13.2. The molecule has 2 N–H and O–H groups in total. The fourth-order valence-electron chi connectivity index (χ4n) is 2.55. The zero-order chi connectivity index (χ0) is 13.1. The van der Waals surface area contributed by atoms with Crippen molar-refractivity contribution in [3.05, 3.63) is 29.3 Å². The van der Waals surface area contributed by atoms with Gasteiger partial charge in [0, 0.05) is 10.7 Å². The molecule has 0 aromatic heterocycles. The van der Waals surface area contributed by atoms with Gasteiger partial charge < -0.3 is 10.6 Å². The fourth-order valence-corrected chi connectivity index (χ4v) is 2.73. The molecular formula is C14H20ClN3. The number of guanidine groups is 1. The molecule has 0 radical (unpaired) electrons. The van der Waals surface area contributed by atoms with Crippen molar-refractivity contribution >= 4 is 23.2 Å². The molecule has 0 saturated heterocycles. The number of nitrogens with two attached hydrogens (primary N) is 1. The maximum atomic E-state index is 6.05. The summed E-state index contributed by atoms with van der Waals surface area (Å²) in [4.78, 5) is 6.50. The zero-order valence-electron chi connectivity index (χ0n) is 10.9. The summed E-state index contributed by atoms with van der Waals surface area (Å²) < 4.78 is 0. The molecule has 0 saturated carbocycles. The van der Waals surface area contributed by atoms with Crippen LogP contribution in [0.25, 0.3) is 0 Å². The fraction of sp³-hybridized carbons (Fsp3) is 0.500. The van der Waals surface area contributed by atoms with Gasteiger partial charge in [0.15, 0.2) is 5.96 Å². The van der Waals surface area contributed by atoms with Gasteiger partial charge in [-0.3, -0.25) is 4.99 Å². The maximum Gasteiger partial charge on any atom is 0.196 e. The lowest BCUT2D eigenvalue weighted by molar-refractivity contribution is 0.439. The Bertz CT molecular complexity index is 444. The Morgan fingerprint density at radius 3 is 3.00 bits per heavy atom. The highest BCUT2D eigenvalue weighted by Gasteiger charge is 2.31. The van der Waals surface area contributed by atoms with Gasteiger partial charge in [0.25, 0.3) is 0 Å². The first-order valence-electron chi connectivity index (χ1n) is 6.48. The first-order chi connectivity index (χ1) is 8.63. The molecule has 1 aromatic carbocycles. The molecule has 0 fully saturated rings. The van der Waals surface area contributed by atoms with Crippen LogP contribution in [0.4, 0.5) is 5.69 Å². The lowest BCUT2D eigenvalue weighted by atomic mass is 9.96. The highest BCUT2D eigenvalue weighted by atomic mass is 35.5. The lowest BCUT2D eigenvalue weighted by Gasteiger charge is -2.30. The van der Waals surface area contributed by atoms with E-state index in [2.05, 4.69) is 23.7 Å². The van der Waals surface area contributed by atoms with Crippen molar-refractivity contribution in [3.8, 4) is 0 Å². The zero-order valence-corrected chi connectivity index (χ0v) is 11.7. The molecule has 0 amide bonds. The molecule has 2 rings (SSSR count). The molecule has 1 heterocycles. The summed E-state index contributed by atoms with van der Waals surface area (Å²) >= 11 is 6.05. The van der Waals surface area contributed by atoms with Crippen molar-refractivity contribution in [1.29, 1.82) is 0 Å². The number of benzene rings is 1. The molecule has 0 spiro atoms. The van der Waals surface area contributed by atoms with Gasteiger partial charge in [0.05, 0.1) is 12.6 Å². The molecule has 3 nitrogen and oxygen atoms in total. The van der Waals surface area contributed by atoms with Crippen molar-refractivity contribution in [2.24, 2.45) is 16.6 Å². The number of hydrogen-bond donors (Lipinski definition) is 1. The van der Waals surface area contributed by atoms with Crippen LogP contribution in [0.15, 0.2) is 29.3 Å². The predicted octanol–water partition coefficient (Wildman–Crippen LogP) is 3.28. The summed E-state index contributed by atoms with van der Waals surface area (Å²) in [6.07, 6.45) is 2.37. The Balaban J connectivity index is 2.25. The number of aliphatic imine (C=N–C) groups is 1. The van der Waals surface area contributed by atoms with E-state index in [-0.39, 0.29) is 0 Å². The van der Waals surface area contributed by atoms with Crippen LogP contribution in [-0.2, 0) is 0 Å². The highest BCUT2D eigenvalue weighted by Crippen LogP contribution is 2.28. The highest BCUT2D eigenvalue weighted by molar-refractivity contribution is 6.30. The van der Waals surface area contributed by atoms with Crippen LogP contribution in [0.5, 0.6) is 0 Å². The van der Waals surface area contributed by atoms with Gasteiger partial charge in [-0.1, -0.05) is 37.9 Å². The minimum Gasteiger partial charge on any atom is -0.370 e. The molecule has 98 valence electrons. The molecule has 18 heavy (non-hydrogen) atoms. The van der Waals surface area contributed by atoms with Crippen molar-refractivity contribution in [1.82, 2.24) is 0 Å². The van der Waals surface area contributed by atoms with E-state index in [1.165, 1.54) is 12.8 Å². The van der Waals surface area contributed by atoms with E-state index in [1.54, 1.807) is 0 Å². The summed E-state index contributed by atoms with van der Waals surface area (Å²) in [5.41, 5.74) is 7.05. The minimum atomic E-state index is 0.350. The second-order valence-electron chi connectivity index (χ2n) is 4.88. The van der Waals surface area contributed by atoms with Crippen LogP contribution < -0.4 is 10.6 Å². The largest absolute Gasteiger partial charge is 0.370 e. The van der Waals surface area contributed by atoms with Crippen molar-refractivity contribution in [3.63, 3.8) is 0 Å². The predicted molar refractivity (Wildman–Crippen MR) is 78.3 cm³/mol. The topological polar surface area (TPSA) is 41.6 Å². The molecule has 2 atom stereocenters. The van der Waals surface area contributed by atoms with Crippen LogP contribution in [0.3, 0.4) is 0 Å². The average Bonchev–Trinajstić information content (AvgIpc) is 2.71. The monoisotopic (exact) mass is 265 g/mol. The Hall–Kier alpha value is -1.22. The Morgan fingerprint density at radius 1 is 1.56 bits per heavy atom. The third-order valence-electron chi connectivity index (χ3n) is 3.51. The van der Waals surface area contributed by atoms with Crippen molar-refractivity contribution in [2.75, 3.05) is 11.4 Å². The number of anilines is 1.